The second-order valence-corrected chi connectivity index (χ2v) is 10.3. The number of allylic oxidation sites excluding steroid dienone is 3. The summed E-state index contributed by atoms with van der Waals surface area (Å²) >= 11 is 0. The Morgan fingerprint density at radius 3 is 2.68 bits per heavy atom. The largest absolute Gasteiger partial charge is 0.462 e. The van der Waals surface area contributed by atoms with E-state index in [0.29, 0.717) is 37.5 Å². The first-order chi connectivity index (χ1) is 14.8. The van der Waals surface area contributed by atoms with Crippen LogP contribution in [0, 0.1) is 29.1 Å². The highest BCUT2D eigenvalue weighted by Crippen LogP contribution is 2.47. The third kappa shape index (κ3) is 4.61. The Bertz CT molecular complexity index is 746. The van der Waals surface area contributed by atoms with Crippen LogP contribution < -0.4 is 0 Å². The lowest BCUT2D eigenvalue weighted by Gasteiger charge is -2.45. The molecule has 1 saturated carbocycles. The van der Waals surface area contributed by atoms with Crippen LogP contribution in [0.25, 0.3) is 0 Å². The first-order valence-electron chi connectivity index (χ1n) is 11.9. The molecule has 1 aliphatic heterocycles. The number of aliphatic hydroxyl groups is 2. The molecule has 0 aromatic rings. The summed E-state index contributed by atoms with van der Waals surface area (Å²) in [5, 5.41) is 19.7. The minimum atomic E-state index is -0.706. The SMILES string of the molecule is C[C@H]1C=C2C=C[C@H](C)[C@H](CC[C@@H]3C[C@@H](O)CC(=O)O3)[C@H]2[C@@H](OC(=O)C2(CO)CCC2)C1. The van der Waals surface area contributed by atoms with Crippen molar-refractivity contribution in [2.24, 2.45) is 29.1 Å². The zero-order chi connectivity index (χ0) is 22.2. The molecule has 31 heavy (non-hydrogen) atoms. The number of carbonyl (C=O) groups excluding carboxylic acids is 2. The van der Waals surface area contributed by atoms with E-state index >= 15 is 0 Å². The molecule has 6 nitrogen and oxygen atoms in total. The molecule has 7 atom stereocenters. The highest BCUT2D eigenvalue weighted by molar-refractivity contribution is 5.78. The van der Waals surface area contributed by atoms with Gasteiger partial charge in [-0.1, -0.05) is 38.5 Å². The average molecular weight is 433 g/mol. The van der Waals surface area contributed by atoms with E-state index in [1.54, 1.807) is 0 Å². The molecule has 0 aromatic heterocycles. The van der Waals surface area contributed by atoms with E-state index in [1.165, 1.54) is 5.57 Å². The molecule has 0 radical (unpaired) electrons. The Labute approximate surface area is 184 Å². The molecule has 4 rings (SSSR count). The van der Waals surface area contributed by atoms with Gasteiger partial charge in [0.15, 0.2) is 0 Å². The van der Waals surface area contributed by atoms with Crippen LogP contribution >= 0.6 is 0 Å². The molecule has 1 saturated heterocycles. The Kier molecular flexibility index (Phi) is 6.59. The second kappa shape index (κ2) is 9.07. The molecule has 1 heterocycles. The first kappa shape index (κ1) is 22.5. The van der Waals surface area contributed by atoms with Crippen molar-refractivity contribution in [1.82, 2.24) is 0 Å². The van der Waals surface area contributed by atoms with E-state index in [4.69, 9.17) is 9.47 Å². The molecular weight excluding hydrogens is 396 g/mol. The molecular formula is C25H36O6. The van der Waals surface area contributed by atoms with Crippen molar-refractivity contribution >= 4 is 11.9 Å². The molecule has 2 fully saturated rings. The summed E-state index contributed by atoms with van der Waals surface area (Å²) in [6, 6.07) is 0. The Hall–Kier alpha value is -1.66. The molecule has 0 aromatic carbocycles. The maximum Gasteiger partial charge on any atom is 0.314 e. The van der Waals surface area contributed by atoms with Gasteiger partial charge in [0, 0.05) is 12.3 Å². The van der Waals surface area contributed by atoms with Crippen LogP contribution in [0.3, 0.4) is 0 Å². The van der Waals surface area contributed by atoms with Crippen molar-refractivity contribution in [1.29, 1.82) is 0 Å². The predicted molar refractivity (Wildman–Crippen MR) is 115 cm³/mol. The summed E-state index contributed by atoms with van der Waals surface area (Å²) in [6.45, 7) is 4.20. The number of ether oxygens (including phenoxy) is 2. The van der Waals surface area contributed by atoms with Crippen LogP contribution in [-0.2, 0) is 19.1 Å². The van der Waals surface area contributed by atoms with E-state index in [9.17, 15) is 19.8 Å². The van der Waals surface area contributed by atoms with Crippen molar-refractivity contribution in [2.75, 3.05) is 6.61 Å². The van der Waals surface area contributed by atoms with Crippen LogP contribution in [0.1, 0.15) is 65.2 Å². The highest BCUT2D eigenvalue weighted by Gasteiger charge is 2.48. The van der Waals surface area contributed by atoms with Gasteiger partial charge < -0.3 is 19.7 Å². The third-order valence-corrected chi connectivity index (χ3v) is 7.96. The van der Waals surface area contributed by atoms with Gasteiger partial charge in [-0.2, -0.15) is 0 Å². The van der Waals surface area contributed by atoms with Gasteiger partial charge in [-0.25, -0.2) is 0 Å². The minimum Gasteiger partial charge on any atom is -0.462 e. The lowest BCUT2D eigenvalue weighted by atomic mass is 9.65. The van der Waals surface area contributed by atoms with Gasteiger partial charge in [-0.3, -0.25) is 9.59 Å². The van der Waals surface area contributed by atoms with Gasteiger partial charge in [0.2, 0.25) is 0 Å². The number of rotatable bonds is 6. The monoisotopic (exact) mass is 432 g/mol. The molecule has 4 aliphatic rings. The Morgan fingerprint density at radius 1 is 1.26 bits per heavy atom. The zero-order valence-corrected chi connectivity index (χ0v) is 18.7. The lowest BCUT2D eigenvalue weighted by molar-refractivity contribution is -0.176. The van der Waals surface area contributed by atoms with E-state index in [0.717, 1.165) is 19.3 Å². The number of esters is 2. The number of carbonyl (C=O) groups is 2. The lowest BCUT2D eigenvalue weighted by Crippen LogP contribution is -2.47. The third-order valence-electron chi connectivity index (χ3n) is 7.96. The minimum absolute atomic E-state index is 0.0805. The standard InChI is InChI=1S/C25H36O6/c1-15-10-17-5-4-16(2)20(7-6-19-12-18(27)13-22(28)30-19)23(17)21(11-15)31-24(29)25(14-26)8-3-9-25/h4-5,10,15-16,18-21,23,26-27H,3,6-9,11-14H2,1-2H3/t15-,16-,18+,19+,20-,21-,23-/m0/s1. The van der Waals surface area contributed by atoms with E-state index in [1.807, 2.05) is 0 Å². The molecule has 0 bridgehead atoms. The summed E-state index contributed by atoms with van der Waals surface area (Å²) in [4.78, 5) is 24.7. The molecule has 0 spiro atoms. The topological polar surface area (TPSA) is 93.1 Å². The number of hydrogen-bond acceptors (Lipinski definition) is 6. The van der Waals surface area contributed by atoms with Crippen molar-refractivity contribution < 1.29 is 29.3 Å². The maximum atomic E-state index is 13.0. The smallest absolute Gasteiger partial charge is 0.314 e. The number of hydrogen-bond donors (Lipinski definition) is 2. The quantitative estimate of drug-likeness (QED) is 0.626. The van der Waals surface area contributed by atoms with Crippen molar-refractivity contribution in [2.45, 2.75) is 83.5 Å². The summed E-state index contributed by atoms with van der Waals surface area (Å²) in [7, 11) is 0. The Morgan fingerprint density at radius 2 is 2.03 bits per heavy atom. The summed E-state index contributed by atoms with van der Waals surface area (Å²) < 4.78 is 11.6. The highest BCUT2D eigenvalue weighted by atomic mass is 16.6. The second-order valence-electron chi connectivity index (χ2n) is 10.3. The van der Waals surface area contributed by atoms with Crippen molar-refractivity contribution in [3.63, 3.8) is 0 Å². The molecule has 172 valence electrons. The molecule has 0 amide bonds. The van der Waals surface area contributed by atoms with Crippen LogP contribution in [0.4, 0.5) is 0 Å². The molecule has 3 aliphatic carbocycles. The van der Waals surface area contributed by atoms with Crippen LogP contribution in [0.15, 0.2) is 23.8 Å². The van der Waals surface area contributed by atoms with Crippen LogP contribution in [0.5, 0.6) is 0 Å². The van der Waals surface area contributed by atoms with Gasteiger partial charge in [0.25, 0.3) is 0 Å². The fourth-order valence-corrected chi connectivity index (χ4v) is 5.93. The predicted octanol–water partition coefficient (Wildman–Crippen LogP) is 3.31. The summed E-state index contributed by atoms with van der Waals surface area (Å²) in [6.07, 6.45) is 10.9. The Balaban J connectivity index is 1.49. The van der Waals surface area contributed by atoms with E-state index in [-0.39, 0.29) is 49.0 Å². The van der Waals surface area contributed by atoms with Gasteiger partial charge in [-0.05, 0) is 55.4 Å². The van der Waals surface area contributed by atoms with Gasteiger partial charge in [0.1, 0.15) is 12.2 Å². The van der Waals surface area contributed by atoms with Gasteiger partial charge >= 0.3 is 11.9 Å². The molecule has 0 unspecified atom stereocenters. The van der Waals surface area contributed by atoms with Crippen LogP contribution in [0.2, 0.25) is 0 Å². The van der Waals surface area contributed by atoms with Crippen molar-refractivity contribution in [3.05, 3.63) is 23.8 Å². The van der Waals surface area contributed by atoms with Crippen molar-refractivity contribution in [3.8, 4) is 0 Å². The van der Waals surface area contributed by atoms with E-state index in [2.05, 4.69) is 32.1 Å². The summed E-state index contributed by atoms with van der Waals surface area (Å²) in [5.41, 5.74) is 0.523. The molecule has 2 N–H and O–H groups in total. The number of aliphatic hydroxyl groups excluding tert-OH is 2. The maximum absolute atomic E-state index is 13.0. The fourth-order valence-electron chi connectivity index (χ4n) is 5.93. The zero-order valence-electron chi connectivity index (χ0n) is 18.7. The first-order valence-corrected chi connectivity index (χ1v) is 11.9. The van der Waals surface area contributed by atoms with Gasteiger partial charge in [0.05, 0.1) is 24.5 Å². The normalized spacial score (nSPS) is 39.0. The summed E-state index contributed by atoms with van der Waals surface area (Å²) in [5.74, 6) is 0.449. The molecule has 6 heteroatoms. The average Bonchev–Trinajstić information content (AvgIpc) is 2.66. The van der Waals surface area contributed by atoms with E-state index < -0.39 is 11.5 Å². The fraction of sp³-hybridized carbons (Fsp3) is 0.760. The number of cyclic esters (lactones) is 1. The van der Waals surface area contributed by atoms with Gasteiger partial charge in [-0.15, -0.1) is 0 Å². The number of fused-ring (bicyclic) bond motifs is 1. The van der Waals surface area contributed by atoms with Crippen LogP contribution in [-0.4, -0.2) is 47.1 Å².